The average molecular weight is 262 g/mol. The van der Waals surface area contributed by atoms with Gasteiger partial charge in [-0.15, -0.1) is 0 Å². The van der Waals surface area contributed by atoms with Crippen molar-refractivity contribution in [2.75, 3.05) is 6.54 Å². The summed E-state index contributed by atoms with van der Waals surface area (Å²) in [5, 5.41) is 14.8. The molecule has 5 nitrogen and oxygen atoms in total. The van der Waals surface area contributed by atoms with Gasteiger partial charge in [0.2, 0.25) is 11.8 Å². The van der Waals surface area contributed by atoms with Crippen molar-refractivity contribution >= 4 is 11.8 Å². The van der Waals surface area contributed by atoms with Crippen molar-refractivity contribution in [2.45, 2.75) is 31.7 Å². The van der Waals surface area contributed by atoms with E-state index in [0.29, 0.717) is 19.0 Å². The van der Waals surface area contributed by atoms with Gasteiger partial charge in [-0.1, -0.05) is 12.1 Å². The molecule has 1 aliphatic rings. The van der Waals surface area contributed by atoms with Crippen molar-refractivity contribution in [3.63, 3.8) is 0 Å². The van der Waals surface area contributed by atoms with Gasteiger partial charge in [0.15, 0.2) is 0 Å². The third-order valence-corrected chi connectivity index (χ3v) is 2.89. The van der Waals surface area contributed by atoms with E-state index in [1.165, 1.54) is 0 Å². The molecule has 1 fully saturated rings. The highest BCUT2D eigenvalue weighted by molar-refractivity contribution is 5.80. The van der Waals surface area contributed by atoms with Crippen molar-refractivity contribution in [2.24, 2.45) is 0 Å². The van der Waals surface area contributed by atoms with E-state index in [4.69, 9.17) is 0 Å². The van der Waals surface area contributed by atoms with Crippen molar-refractivity contribution in [3.05, 3.63) is 29.8 Å². The van der Waals surface area contributed by atoms with Gasteiger partial charge in [0.1, 0.15) is 5.75 Å². The Morgan fingerprint density at radius 2 is 2.05 bits per heavy atom. The molecule has 0 heterocycles. The molecule has 0 bridgehead atoms. The quantitative estimate of drug-likeness (QED) is 0.707. The molecule has 0 radical (unpaired) electrons. The number of amides is 2. The smallest absolute Gasteiger partial charge is 0.224 e. The first kappa shape index (κ1) is 13.4. The Hall–Kier alpha value is -2.04. The molecule has 3 N–H and O–H groups in total. The molecule has 0 unspecified atom stereocenters. The van der Waals surface area contributed by atoms with Gasteiger partial charge in [-0.3, -0.25) is 9.59 Å². The summed E-state index contributed by atoms with van der Waals surface area (Å²) >= 11 is 0. The Labute approximate surface area is 112 Å². The summed E-state index contributed by atoms with van der Waals surface area (Å²) in [5.74, 6) is -0.0147. The third-order valence-electron chi connectivity index (χ3n) is 2.89. The molecule has 102 valence electrons. The van der Waals surface area contributed by atoms with Gasteiger partial charge in [-0.05, 0) is 30.5 Å². The Kier molecular flexibility index (Phi) is 4.39. The normalized spacial score (nSPS) is 13.9. The summed E-state index contributed by atoms with van der Waals surface area (Å²) in [4.78, 5) is 23.0. The molecule has 1 aromatic rings. The molecule has 0 spiro atoms. The maximum atomic E-state index is 11.6. The molecule has 2 amide bonds. The molecule has 0 atom stereocenters. The second-order valence-electron chi connectivity index (χ2n) is 4.79. The zero-order valence-corrected chi connectivity index (χ0v) is 10.7. The van der Waals surface area contributed by atoms with Crippen molar-refractivity contribution < 1.29 is 14.7 Å². The first-order valence-electron chi connectivity index (χ1n) is 6.47. The van der Waals surface area contributed by atoms with Crippen LogP contribution < -0.4 is 10.6 Å². The summed E-state index contributed by atoms with van der Waals surface area (Å²) in [7, 11) is 0. The number of aromatic hydroxyl groups is 1. The maximum absolute atomic E-state index is 11.6. The Morgan fingerprint density at radius 3 is 2.74 bits per heavy atom. The molecule has 0 saturated heterocycles. The first-order valence-corrected chi connectivity index (χ1v) is 6.47. The highest BCUT2D eigenvalue weighted by Crippen LogP contribution is 2.18. The number of carbonyl (C=O) groups excluding carboxylic acids is 2. The standard InChI is InChI=1S/C14H18N2O3/c17-12-3-1-2-10(8-12)9-14(19)15-7-6-13(18)16-11-4-5-11/h1-3,8,11,17H,4-7,9H2,(H,15,19)(H,16,18). The summed E-state index contributed by atoms with van der Waals surface area (Å²) in [6.45, 7) is 0.343. The molecule has 2 rings (SSSR count). The Bertz CT molecular complexity index is 470. The highest BCUT2D eigenvalue weighted by atomic mass is 16.3. The molecule has 1 aromatic carbocycles. The number of phenols is 1. The monoisotopic (exact) mass is 262 g/mol. The topological polar surface area (TPSA) is 78.4 Å². The third kappa shape index (κ3) is 4.99. The largest absolute Gasteiger partial charge is 0.508 e. The van der Waals surface area contributed by atoms with Crippen LogP contribution in [0.1, 0.15) is 24.8 Å². The van der Waals surface area contributed by atoms with Gasteiger partial charge in [-0.2, -0.15) is 0 Å². The van der Waals surface area contributed by atoms with Gasteiger partial charge in [0.25, 0.3) is 0 Å². The Morgan fingerprint density at radius 1 is 1.26 bits per heavy atom. The van der Waals surface area contributed by atoms with Crippen LogP contribution in [-0.4, -0.2) is 29.5 Å². The van der Waals surface area contributed by atoms with Crippen molar-refractivity contribution in [1.29, 1.82) is 0 Å². The fourth-order valence-corrected chi connectivity index (χ4v) is 1.76. The number of carbonyl (C=O) groups is 2. The number of hydrogen-bond acceptors (Lipinski definition) is 3. The lowest BCUT2D eigenvalue weighted by molar-refractivity contribution is -0.122. The van der Waals surface area contributed by atoms with E-state index < -0.39 is 0 Å². The fraction of sp³-hybridized carbons (Fsp3) is 0.429. The van der Waals surface area contributed by atoms with Crippen LogP contribution in [0.2, 0.25) is 0 Å². The number of nitrogens with one attached hydrogen (secondary N) is 2. The highest BCUT2D eigenvalue weighted by Gasteiger charge is 2.22. The average Bonchev–Trinajstić information content (AvgIpc) is 3.12. The zero-order chi connectivity index (χ0) is 13.7. The van der Waals surface area contributed by atoms with E-state index in [0.717, 1.165) is 18.4 Å². The van der Waals surface area contributed by atoms with E-state index in [1.54, 1.807) is 24.3 Å². The van der Waals surface area contributed by atoms with Crippen LogP contribution >= 0.6 is 0 Å². The molecule has 0 aromatic heterocycles. The van der Waals surface area contributed by atoms with Gasteiger partial charge < -0.3 is 15.7 Å². The zero-order valence-electron chi connectivity index (χ0n) is 10.7. The molecule has 19 heavy (non-hydrogen) atoms. The molecular weight excluding hydrogens is 244 g/mol. The summed E-state index contributed by atoms with van der Waals surface area (Å²) < 4.78 is 0. The first-order chi connectivity index (χ1) is 9.13. The lowest BCUT2D eigenvalue weighted by Crippen LogP contribution is -2.32. The molecule has 0 aliphatic heterocycles. The second-order valence-corrected chi connectivity index (χ2v) is 4.79. The van der Waals surface area contributed by atoms with Gasteiger partial charge >= 0.3 is 0 Å². The van der Waals surface area contributed by atoms with Crippen LogP contribution in [0.3, 0.4) is 0 Å². The molecule has 1 saturated carbocycles. The number of rotatable bonds is 6. The Balaban J connectivity index is 1.65. The van der Waals surface area contributed by atoms with Crippen LogP contribution in [-0.2, 0) is 16.0 Å². The molecular formula is C14H18N2O3. The number of hydrogen-bond donors (Lipinski definition) is 3. The number of benzene rings is 1. The SMILES string of the molecule is O=C(Cc1cccc(O)c1)NCCC(=O)NC1CC1. The minimum atomic E-state index is -0.148. The lowest BCUT2D eigenvalue weighted by Gasteiger charge is -2.06. The number of phenolic OH excluding ortho intramolecular Hbond substituents is 1. The van der Waals surface area contributed by atoms with E-state index in [-0.39, 0.29) is 24.0 Å². The minimum Gasteiger partial charge on any atom is -0.508 e. The van der Waals surface area contributed by atoms with Crippen LogP contribution in [0.15, 0.2) is 24.3 Å². The van der Waals surface area contributed by atoms with E-state index in [9.17, 15) is 14.7 Å². The molecule has 5 heteroatoms. The van der Waals surface area contributed by atoms with E-state index in [1.807, 2.05) is 0 Å². The van der Waals surface area contributed by atoms with Gasteiger partial charge in [-0.25, -0.2) is 0 Å². The van der Waals surface area contributed by atoms with Gasteiger partial charge in [0, 0.05) is 19.0 Å². The fourth-order valence-electron chi connectivity index (χ4n) is 1.76. The minimum absolute atomic E-state index is 0.0137. The lowest BCUT2D eigenvalue weighted by atomic mass is 10.1. The molecule has 1 aliphatic carbocycles. The van der Waals surface area contributed by atoms with E-state index >= 15 is 0 Å². The van der Waals surface area contributed by atoms with Gasteiger partial charge in [0.05, 0.1) is 6.42 Å². The predicted octanol–water partition coefficient (Wildman–Crippen LogP) is 0.720. The van der Waals surface area contributed by atoms with Crippen LogP contribution in [0, 0.1) is 0 Å². The summed E-state index contributed by atoms with van der Waals surface area (Å²) in [6, 6.07) is 6.94. The van der Waals surface area contributed by atoms with Crippen LogP contribution in [0.25, 0.3) is 0 Å². The van der Waals surface area contributed by atoms with Crippen LogP contribution in [0.4, 0.5) is 0 Å². The maximum Gasteiger partial charge on any atom is 0.224 e. The predicted molar refractivity (Wildman–Crippen MR) is 70.6 cm³/mol. The second kappa shape index (κ2) is 6.22. The van der Waals surface area contributed by atoms with Crippen molar-refractivity contribution in [3.8, 4) is 5.75 Å². The van der Waals surface area contributed by atoms with E-state index in [2.05, 4.69) is 10.6 Å². The summed E-state index contributed by atoms with van der Waals surface area (Å²) in [6.07, 6.45) is 2.64. The van der Waals surface area contributed by atoms with Crippen LogP contribution in [0.5, 0.6) is 5.75 Å². The summed E-state index contributed by atoms with van der Waals surface area (Å²) in [5.41, 5.74) is 0.750. The van der Waals surface area contributed by atoms with Crippen molar-refractivity contribution in [1.82, 2.24) is 10.6 Å².